The zero-order valence-electron chi connectivity index (χ0n) is 10.4. The molecule has 4 nitrogen and oxygen atoms in total. The van der Waals surface area contributed by atoms with Crippen LogP contribution in [-0.4, -0.2) is 16.1 Å². The van der Waals surface area contributed by atoms with Gasteiger partial charge in [0.15, 0.2) is 0 Å². The summed E-state index contributed by atoms with van der Waals surface area (Å²) in [5.74, 6) is 0.940. The molecule has 0 radical (unpaired) electrons. The molecule has 1 unspecified atom stereocenters. The Morgan fingerprint density at radius 3 is 3.00 bits per heavy atom. The number of hydrogen-bond acceptors (Lipinski definition) is 2. The molecule has 2 rings (SSSR count). The van der Waals surface area contributed by atoms with Gasteiger partial charge in [0.05, 0.1) is 12.2 Å². The third-order valence-electron chi connectivity index (χ3n) is 3.65. The standard InChI is InChI=1S/C13H21N3O/c1-10(12-8-14-15-9-12)16-13(17)7-6-11-4-2-3-5-11/h8-11H,2-7H2,1H3,(H,14,15)(H,16,17). The van der Waals surface area contributed by atoms with Gasteiger partial charge in [0.1, 0.15) is 0 Å². The maximum atomic E-state index is 11.8. The van der Waals surface area contributed by atoms with Crippen LogP contribution < -0.4 is 5.32 Å². The van der Waals surface area contributed by atoms with Crippen molar-refractivity contribution in [2.24, 2.45) is 5.92 Å². The summed E-state index contributed by atoms with van der Waals surface area (Å²) in [4.78, 5) is 11.8. The number of aromatic amines is 1. The molecule has 2 N–H and O–H groups in total. The SMILES string of the molecule is CC(NC(=O)CCC1CCCC1)c1cn[nH]c1. The van der Waals surface area contributed by atoms with E-state index in [1.807, 2.05) is 13.1 Å². The van der Waals surface area contributed by atoms with Crippen molar-refractivity contribution in [3.63, 3.8) is 0 Å². The molecule has 1 fully saturated rings. The highest BCUT2D eigenvalue weighted by Crippen LogP contribution is 2.28. The number of rotatable bonds is 5. The van der Waals surface area contributed by atoms with Crippen LogP contribution in [0.25, 0.3) is 0 Å². The average Bonchev–Trinajstić information content (AvgIpc) is 2.99. The molecule has 0 spiro atoms. The Kier molecular flexibility index (Phi) is 4.18. The molecule has 1 aliphatic rings. The lowest BCUT2D eigenvalue weighted by Gasteiger charge is -2.13. The van der Waals surface area contributed by atoms with Gasteiger partial charge in [-0.15, -0.1) is 0 Å². The summed E-state index contributed by atoms with van der Waals surface area (Å²) in [5.41, 5.74) is 1.03. The Balaban J connectivity index is 1.69. The van der Waals surface area contributed by atoms with Crippen LogP contribution in [0.2, 0.25) is 0 Å². The van der Waals surface area contributed by atoms with Crippen LogP contribution in [-0.2, 0) is 4.79 Å². The van der Waals surface area contributed by atoms with E-state index in [0.29, 0.717) is 6.42 Å². The number of hydrogen-bond donors (Lipinski definition) is 2. The first-order chi connectivity index (χ1) is 8.25. The first-order valence-electron chi connectivity index (χ1n) is 6.53. The number of carbonyl (C=O) groups excluding carboxylic acids is 1. The van der Waals surface area contributed by atoms with Gasteiger partial charge in [0.25, 0.3) is 0 Å². The molecule has 17 heavy (non-hydrogen) atoms. The number of aromatic nitrogens is 2. The van der Waals surface area contributed by atoms with Crippen molar-refractivity contribution in [3.8, 4) is 0 Å². The first kappa shape index (κ1) is 12.1. The van der Waals surface area contributed by atoms with E-state index < -0.39 is 0 Å². The molecule has 1 saturated carbocycles. The lowest BCUT2D eigenvalue weighted by Crippen LogP contribution is -2.26. The summed E-state index contributed by atoms with van der Waals surface area (Å²) >= 11 is 0. The van der Waals surface area contributed by atoms with Gasteiger partial charge < -0.3 is 5.32 Å². The summed E-state index contributed by atoms with van der Waals surface area (Å²) < 4.78 is 0. The molecular weight excluding hydrogens is 214 g/mol. The fraction of sp³-hybridized carbons (Fsp3) is 0.692. The predicted octanol–water partition coefficient (Wildman–Crippen LogP) is 2.56. The maximum Gasteiger partial charge on any atom is 0.220 e. The second-order valence-electron chi connectivity index (χ2n) is 5.01. The lowest BCUT2D eigenvalue weighted by atomic mass is 10.0. The van der Waals surface area contributed by atoms with E-state index >= 15 is 0 Å². The predicted molar refractivity (Wildman–Crippen MR) is 66.3 cm³/mol. The Morgan fingerprint density at radius 2 is 2.35 bits per heavy atom. The highest BCUT2D eigenvalue weighted by Gasteiger charge is 2.17. The van der Waals surface area contributed by atoms with Gasteiger partial charge in [-0.05, 0) is 19.3 Å². The molecule has 1 aromatic heterocycles. The Morgan fingerprint density at radius 1 is 1.59 bits per heavy atom. The van der Waals surface area contributed by atoms with E-state index in [9.17, 15) is 4.79 Å². The summed E-state index contributed by atoms with van der Waals surface area (Å²) in [7, 11) is 0. The van der Waals surface area contributed by atoms with Crippen LogP contribution in [0, 0.1) is 5.92 Å². The number of carbonyl (C=O) groups is 1. The van der Waals surface area contributed by atoms with Crippen molar-refractivity contribution in [2.45, 2.75) is 51.5 Å². The van der Waals surface area contributed by atoms with Crippen molar-refractivity contribution < 1.29 is 4.79 Å². The van der Waals surface area contributed by atoms with Crippen LogP contribution in [0.4, 0.5) is 0 Å². The van der Waals surface area contributed by atoms with Crippen LogP contribution in [0.15, 0.2) is 12.4 Å². The van der Waals surface area contributed by atoms with Gasteiger partial charge in [0.2, 0.25) is 5.91 Å². The van der Waals surface area contributed by atoms with E-state index in [0.717, 1.165) is 17.9 Å². The van der Waals surface area contributed by atoms with Gasteiger partial charge in [-0.2, -0.15) is 5.10 Å². The smallest absolute Gasteiger partial charge is 0.220 e. The van der Waals surface area contributed by atoms with Crippen LogP contribution in [0.3, 0.4) is 0 Å². The fourth-order valence-corrected chi connectivity index (χ4v) is 2.53. The topological polar surface area (TPSA) is 57.8 Å². The molecule has 0 bridgehead atoms. The number of nitrogens with zero attached hydrogens (tertiary/aromatic N) is 1. The van der Waals surface area contributed by atoms with Gasteiger partial charge in [0, 0.05) is 18.2 Å². The van der Waals surface area contributed by atoms with E-state index in [2.05, 4.69) is 15.5 Å². The van der Waals surface area contributed by atoms with Gasteiger partial charge >= 0.3 is 0 Å². The number of nitrogens with one attached hydrogen (secondary N) is 2. The first-order valence-corrected chi connectivity index (χ1v) is 6.53. The van der Waals surface area contributed by atoms with Crippen molar-refractivity contribution >= 4 is 5.91 Å². The van der Waals surface area contributed by atoms with E-state index in [1.165, 1.54) is 25.7 Å². The molecular formula is C13H21N3O. The molecule has 0 aliphatic heterocycles. The molecule has 1 heterocycles. The Hall–Kier alpha value is -1.32. The lowest BCUT2D eigenvalue weighted by molar-refractivity contribution is -0.122. The average molecular weight is 235 g/mol. The van der Waals surface area contributed by atoms with Gasteiger partial charge in [-0.1, -0.05) is 25.7 Å². The Labute approximate surface area is 102 Å². The van der Waals surface area contributed by atoms with Gasteiger partial charge in [-0.3, -0.25) is 9.89 Å². The molecule has 1 aliphatic carbocycles. The second kappa shape index (κ2) is 5.84. The van der Waals surface area contributed by atoms with Gasteiger partial charge in [-0.25, -0.2) is 0 Å². The summed E-state index contributed by atoms with van der Waals surface area (Å²) in [6.07, 6.45) is 10.6. The molecule has 1 atom stereocenters. The minimum atomic E-state index is 0.0461. The van der Waals surface area contributed by atoms with E-state index in [4.69, 9.17) is 0 Å². The third kappa shape index (κ3) is 3.58. The molecule has 1 amide bonds. The molecule has 94 valence electrons. The quantitative estimate of drug-likeness (QED) is 0.824. The number of H-pyrrole nitrogens is 1. The van der Waals surface area contributed by atoms with E-state index in [-0.39, 0.29) is 11.9 Å². The zero-order chi connectivity index (χ0) is 12.1. The third-order valence-corrected chi connectivity index (χ3v) is 3.65. The Bertz CT molecular complexity index is 342. The molecule has 1 aromatic rings. The summed E-state index contributed by atoms with van der Waals surface area (Å²) in [6, 6.07) is 0.0461. The van der Waals surface area contributed by atoms with Crippen molar-refractivity contribution in [2.75, 3.05) is 0 Å². The van der Waals surface area contributed by atoms with Crippen molar-refractivity contribution in [1.82, 2.24) is 15.5 Å². The molecule has 0 aromatic carbocycles. The summed E-state index contributed by atoms with van der Waals surface area (Å²) in [6.45, 7) is 1.98. The van der Waals surface area contributed by atoms with Crippen molar-refractivity contribution in [3.05, 3.63) is 18.0 Å². The van der Waals surface area contributed by atoms with Crippen molar-refractivity contribution in [1.29, 1.82) is 0 Å². The van der Waals surface area contributed by atoms with Crippen LogP contribution >= 0.6 is 0 Å². The minimum absolute atomic E-state index is 0.0461. The monoisotopic (exact) mass is 235 g/mol. The molecule has 0 saturated heterocycles. The van der Waals surface area contributed by atoms with Crippen LogP contribution in [0.1, 0.15) is 57.1 Å². The second-order valence-corrected chi connectivity index (χ2v) is 5.01. The summed E-state index contributed by atoms with van der Waals surface area (Å²) in [5, 5.41) is 9.65. The van der Waals surface area contributed by atoms with Crippen LogP contribution in [0.5, 0.6) is 0 Å². The minimum Gasteiger partial charge on any atom is -0.349 e. The van der Waals surface area contributed by atoms with E-state index in [1.54, 1.807) is 6.20 Å². The highest BCUT2D eigenvalue weighted by atomic mass is 16.1. The largest absolute Gasteiger partial charge is 0.349 e. The highest BCUT2D eigenvalue weighted by molar-refractivity contribution is 5.76. The molecule has 4 heteroatoms. The maximum absolute atomic E-state index is 11.8. The number of amides is 1. The zero-order valence-corrected chi connectivity index (χ0v) is 10.4. The normalized spacial score (nSPS) is 18.2. The fourth-order valence-electron chi connectivity index (χ4n) is 2.53.